The summed E-state index contributed by atoms with van der Waals surface area (Å²) in [5, 5.41) is 0.551. The van der Waals surface area contributed by atoms with Gasteiger partial charge in [0.05, 0.1) is 17.4 Å². The molecule has 1 amide bonds. The number of H-pyrrole nitrogens is 1. The molecule has 0 unspecified atom stereocenters. The highest BCUT2D eigenvalue weighted by Gasteiger charge is 2.18. The molecule has 3 rings (SSSR count). The Kier molecular flexibility index (Phi) is 4.65. The van der Waals surface area contributed by atoms with Crippen molar-refractivity contribution in [3.05, 3.63) is 75.3 Å². The van der Waals surface area contributed by atoms with Crippen LogP contribution in [0.5, 0.6) is 0 Å². The summed E-state index contributed by atoms with van der Waals surface area (Å²) < 4.78 is 0. The number of aryl methyl sites for hydroxylation is 1. The first kappa shape index (κ1) is 16.9. The minimum atomic E-state index is -0.184. The van der Waals surface area contributed by atoms with Crippen molar-refractivity contribution >= 4 is 16.8 Å². The van der Waals surface area contributed by atoms with E-state index >= 15 is 0 Å². The Morgan fingerprint density at radius 2 is 1.88 bits per heavy atom. The number of hydrogen-bond acceptors (Lipinski definition) is 3. The molecule has 0 atom stereocenters. The summed E-state index contributed by atoms with van der Waals surface area (Å²) in [6.45, 7) is 6.66. The van der Waals surface area contributed by atoms with Crippen LogP contribution in [0.2, 0.25) is 0 Å². The minimum absolute atomic E-state index is 0.0560. The van der Waals surface area contributed by atoms with Gasteiger partial charge in [0.25, 0.3) is 11.5 Å². The summed E-state index contributed by atoms with van der Waals surface area (Å²) >= 11 is 0. The lowest BCUT2D eigenvalue weighted by Gasteiger charge is -2.22. The van der Waals surface area contributed by atoms with Gasteiger partial charge in [-0.05, 0) is 50.1 Å². The molecule has 0 saturated heterocycles. The van der Waals surface area contributed by atoms with Crippen LogP contribution >= 0.6 is 0 Å². The molecule has 0 aliphatic rings. The van der Waals surface area contributed by atoms with Crippen LogP contribution in [0, 0.1) is 13.8 Å². The summed E-state index contributed by atoms with van der Waals surface area (Å²) in [4.78, 5) is 34.1. The minimum Gasteiger partial charge on any atom is -0.331 e. The van der Waals surface area contributed by atoms with E-state index in [1.54, 1.807) is 23.1 Å². The van der Waals surface area contributed by atoms with Crippen molar-refractivity contribution < 1.29 is 4.79 Å². The first-order valence-corrected chi connectivity index (χ1v) is 8.34. The number of fused-ring (bicyclic) bond motifs is 1. The molecule has 0 fully saturated rings. The molecule has 1 N–H and O–H groups in total. The number of amides is 1. The maximum absolute atomic E-state index is 12.9. The van der Waals surface area contributed by atoms with Gasteiger partial charge in [-0.3, -0.25) is 9.59 Å². The third-order valence-corrected chi connectivity index (χ3v) is 4.51. The van der Waals surface area contributed by atoms with Crippen molar-refractivity contribution in [2.75, 3.05) is 6.54 Å². The number of para-hydroxylation sites is 1. The summed E-state index contributed by atoms with van der Waals surface area (Å²) in [6.07, 6.45) is 0. The Morgan fingerprint density at radius 3 is 2.64 bits per heavy atom. The Balaban J connectivity index is 1.93. The van der Waals surface area contributed by atoms with Gasteiger partial charge in [-0.15, -0.1) is 0 Å². The molecular formula is C20H21N3O2. The van der Waals surface area contributed by atoms with Crippen molar-refractivity contribution in [3.8, 4) is 0 Å². The fraction of sp³-hybridized carbons (Fsp3) is 0.250. The summed E-state index contributed by atoms with van der Waals surface area (Å²) in [5.74, 6) is 0.434. The molecule has 1 heterocycles. The van der Waals surface area contributed by atoms with Crippen LogP contribution in [-0.4, -0.2) is 27.3 Å². The molecule has 0 spiro atoms. The molecular weight excluding hydrogens is 314 g/mol. The van der Waals surface area contributed by atoms with E-state index in [0.717, 1.165) is 11.1 Å². The van der Waals surface area contributed by atoms with E-state index in [1.807, 2.05) is 45.0 Å². The molecule has 0 bridgehead atoms. The van der Waals surface area contributed by atoms with Gasteiger partial charge in [0.15, 0.2) is 0 Å². The second kappa shape index (κ2) is 6.89. The molecule has 0 aliphatic carbocycles. The smallest absolute Gasteiger partial charge is 0.258 e. The largest absolute Gasteiger partial charge is 0.331 e. The molecule has 0 saturated carbocycles. The van der Waals surface area contributed by atoms with Crippen LogP contribution in [0.4, 0.5) is 0 Å². The Bertz CT molecular complexity index is 992. The summed E-state index contributed by atoms with van der Waals surface area (Å²) in [6, 6.07) is 12.9. The first-order chi connectivity index (χ1) is 12.0. The average molecular weight is 335 g/mol. The molecule has 128 valence electrons. The highest BCUT2D eigenvalue weighted by Crippen LogP contribution is 2.16. The predicted molar refractivity (Wildman–Crippen MR) is 98.7 cm³/mol. The van der Waals surface area contributed by atoms with Gasteiger partial charge in [-0.25, -0.2) is 4.98 Å². The van der Waals surface area contributed by atoms with Crippen LogP contribution in [0.1, 0.15) is 34.2 Å². The van der Waals surface area contributed by atoms with Gasteiger partial charge in [0.2, 0.25) is 0 Å². The second-order valence-corrected chi connectivity index (χ2v) is 6.10. The van der Waals surface area contributed by atoms with Crippen molar-refractivity contribution in [3.63, 3.8) is 0 Å². The summed E-state index contributed by atoms with van der Waals surface area (Å²) in [7, 11) is 0. The standard InChI is InChI=1S/C20H21N3O2/c1-4-23(20(25)15-10-7-8-13(2)14(15)3)12-18-21-17-11-6-5-9-16(17)19(24)22-18/h5-11H,4,12H2,1-3H3,(H,21,22,24). The molecule has 5 nitrogen and oxygen atoms in total. The lowest BCUT2D eigenvalue weighted by atomic mass is 10.0. The van der Waals surface area contributed by atoms with E-state index in [2.05, 4.69) is 9.97 Å². The monoisotopic (exact) mass is 335 g/mol. The maximum atomic E-state index is 12.9. The zero-order valence-corrected chi connectivity index (χ0v) is 14.7. The van der Waals surface area contributed by atoms with Crippen molar-refractivity contribution in [2.45, 2.75) is 27.3 Å². The first-order valence-electron chi connectivity index (χ1n) is 8.34. The number of rotatable bonds is 4. The van der Waals surface area contributed by atoms with Gasteiger partial charge < -0.3 is 9.88 Å². The zero-order valence-electron chi connectivity index (χ0n) is 14.7. The third-order valence-electron chi connectivity index (χ3n) is 4.51. The number of aromatic nitrogens is 2. The number of carbonyl (C=O) groups excluding carboxylic acids is 1. The Labute approximate surface area is 146 Å². The van der Waals surface area contributed by atoms with E-state index < -0.39 is 0 Å². The fourth-order valence-electron chi connectivity index (χ4n) is 2.87. The Hall–Kier alpha value is -2.95. The van der Waals surface area contributed by atoms with E-state index in [9.17, 15) is 9.59 Å². The molecule has 0 aliphatic heterocycles. The van der Waals surface area contributed by atoms with Crippen LogP contribution in [0.25, 0.3) is 10.9 Å². The normalized spacial score (nSPS) is 10.8. The van der Waals surface area contributed by atoms with Gasteiger partial charge in [-0.1, -0.05) is 24.3 Å². The topological polar surface area (TPSA) is 66.1 Å². The van der Waals surface area contributed by atoms with Gasteiger partial charge in [0.1, 0.15) is 5.82 Å². The summed E-state index contributed by atoms with van der Waals surface area (Å²) in [5.41, 5.74) is 3.20. The van der Waals surface area contributed by atoms with Crippen LogP contribution in [0.3, 0.4) is 0 Å². The fourth-order valence-corrected chi connectivity index (χ4v) is 2.87. The average Bonchev–Trinajstić information content (AvgIpc) is 2.61. The number of aromatic amines is 1. The SMILES string of the molecule is CCN(Cc1nc2ccccc2c(=O)[nH]1)C(=O)c1cccc(C)c1C. The van der Waals surface area contributed by atoms with E-state index in [1.165, 1.54) is 0 Å². The number of hydrogen-bond donors (Lipinski definition) is 1. The van der Waals surface area contributed by atoms with E-state index in [-0.39, 0.29) is 18.0 Å². The maximum Gasteiger partial charge on any atom is 0.258 e. The van der Waals surface area contributed by atoms with E-state index in [0.29, 0.717) is 28.8 Å². The van der Waals surface area contributed by atoms with Gasteiger partial charge >= 0.3 is 0 Å². The van der Waals surface area contributed by atoms with Crippen LogP contribution < -0.4 is 5.56 Å². The lowest BCUT2D eigenvalue weighted by Crippen LogP contribution is -2.32. The molecule has 1 aromatic heterocycles. The molecule has 2 aromatic carbocycles. The molecule has 5 heteroatoms. The van der Waals surface area contributed by atoms with E-state index in [4.69, 9.17) is 0 Å². The number of nitrogens with one attached hydrogen (secondary N) is 1. The van der Waals surface area contributed by atoms with Crippen molar-refractivity contribution in [1.29, 1.82) is 0 Å². The highest BCUT2D eigenvalue weighted by molar-refractivity contribution is 5.95. The second-order valence-electron chi connectivity index (χ2n) is 6.10. The zero-order chi connectivity index (χ0) is 18.0. The highest BCUT2D eigenvalue weighted by atomic mass is 16.2. The van der Waals surface area contributed by atoms with Crippen molar-refractivity contribution in [2.24, 2.45) is 0 Å². The molecule has 0 radical (unpaired) electrons. The Morgan fingerprint density at radius 1 is 1.12 bits per heavy atom. The third kappa shape index (κ3) is 3.31. The van der Waals surface area contributed by atoms with Gasteiger partial charge in [0, 0.05) is 12.1 Å². The van der Waals surface area contributed by atoms with Crippen LogP contribution in [-0.2, 0) is 6.54 Å². The molecule has 25 heavy (non-hydrogen) atoms. The van der Waals surface area contributed by atoms with Crippen LogP contribution in [0.15, 0.2) is 47.3 Å². The lowest BCUT2D eigenvalue weighted by molar-refractivity contribution is 0.0747. The van der Waals surface area contributed by atoms with Crippen molar-refractivity contribution in [1.82, 2.24) is 14.9 Å². The molecule has 3 aromatic rings. The quantitative estimate of drug-likeness (QED) is 0.796. The predicted octanol–water partition coefficient (Wildman–Crippen LogP) is 3.20. The number of nitrogens with zero attached hydrogens (tertiary/aromatic N) is 2. The van der Waals surface area contributed by atoms with Gasteiger partial charge in [-0.2, -0.15) is 0 Å². The number of benzene rings is 2. The number of carbonyl (C=O) groups is 1.